The van der Waals surface area contributed by atoms with Crippen LogP contribution in [-0.2, 0) is 14.6 Å². The average molecular weight is 371 g/mol. The zero-order valence-corrected chi connectivity index (χ0v) is 15.1. The van der Waals surface area contributed by atoms with Gasteiger partial charge in [-0.05, 0) is 36.6 Å². The van der Waals surface area contributed by atoms with Gasteiger partial charge in [-0.25, -0.2) is 8.42 Å². The molecule has 7 heteroatoms. The van der Waals surface area contributed by atoms with Gasteiger partial charge >= 0.3 is 0 Å². The quantitative estimate of drug-likeness (QED) is 0.884. The summed E-state index contributed by atoms with van der Waals surface area (Å²) in [6.07, 6.45) is 3.52. The number of carbonyl (C=O) groups is 2. The number of sulfone groups is 1. The maximum atomic E-state index is 12.6. The second kappa shape index (κ2) is 6.92. The number of primary amides is 1. The van der Waals surface area contributed by atoms with Gasteiger partial charge < -0.3 is 10.6 Å². The normalized spacial score (nSPS) is 17.3. The molecule has 0 bridgehead atoms. The molecular formula is C19H19N2O4S. The molecule has 2 amide bonds. The zero-order valence-electron chi connectivity index (χ0n) is 14.3. The average Bonchev–Trinajstić information content (AvgIpc) is 3.10. The smallest absolute Gasteiger partial charge is 0.254 e. The fourth-order valence-electron chi connectivity index (χ4n) is 3.12. The van der Waals surface area contributed by atoms with Crippen LogP contribution in [0.3, 0.4) is 0 Å². The third-order valence-corrected chi connectivity index (χ3v) is 5.53. The second-order valence-electron chi connectivity index (χ2n) is 6.22. The molecule has 0 aliphatic carbocycles. The minimum absolute atomic E-state index is 0.238. The molecule has 2 aromatic carbocycles. The summed E-state index contributed by atoms with van der Waals surface area (Å²) in [7, 11) is -3.37. The molecule has 1 atom stereocenters. The monoisotopic (exact) mass is 371 g/mol. The molecule has 135 valence electrons. The fraction of sp³-hybridized carbons (Fsp3) is 0.211. The van der Waals surface area contributed by atoms with Crippen molar-refractivity contribution in [3.05, 3.63) is 60.5 Å². The van der Waals surface area contributed by atoms with Gasteiger partial charge in [0.2, 0.25) is 5.91 Å². The maximum absolute atomic E-state index is 12.6. The van der Waals surface area contributed by atoms with E-state index in [0.29, 0.717) is 29.7 Å². The first-order valence-corrected chi connectivity index (χ1v) is 10.0. The van der Waals surface area contributed by atoms with Crippen LogP contribution in [0, 0.1) is 6.42 Å². The van der Waals surface area contributed by atoms with Crippen molar-refractivity contribution in [3.63, 3.8) is 0 Å². The molecule has 2 N–H and O–H groups in total. The minimum atomic E-state index is -3.37. The summed E-state index contributed by atoms with van der Waals surface area (Å²) in [5.74, 6) is -0.819. The third-order valence-electron chi connectivity index (χ3n) is 4.38. The lowest BCUT2D eigenvalue weighted by Gasteiger charge is -2.22. The van der Waals surface area contributed by atoms with Gasteiger partial charge in [-0.1, -0.05) is 30.3 Å². The van der Waals surface area contributed by atoms with Gasteiger partial charge in [-0.2, -0.15) is 0 Å². The van der Waals surface area contributed by atoms with Crippen LogP contribution >= 0.6 is 0 Å². The Morgan fingerprint density at radius 2 is 1.73 bits per heavy atom. The molecule has 0 aromatic heterocycles. The molecule has 3 rings (SSSR count). The van der Waals surface area contributed by atoms with E-state index in [-0.39, 0.29) is 10.8 Å². The van der Waals surface area contributed by atoms with E-state index in [0.717, 1.165) is 6.26 Å². The van der Waals surface area contributed by atoms with Crippen molar-refractivity contribution < 1.29 is 18.0 Å². The molecule has 0 spiro atoms. The van der Waals surface area contributed by atoms with E-state index < -0.39 is 21.8 Å². The number of hydrogen-bond acceptors (Lipinski definition) is 4. The Morgan fingerprint density at radius 1 is 1.08 bits per heavy atom. The molecule has 1 saturated heterocycles. The molecule has 1 aliphatic rings. The Kier molecular flexibility index (Phi) is 4.82. The van der Waals surface area contributed by atoms with Crippen molar-refractivity contribution in [2.75, 3.05) is 12.8 Å². The third kappa shape index (κ3) is 3.48. The van der Waals surface area contributed by atoms with E-state index in [1.54, 1.807) is 55.0 Å². The van der Waals surface area contributed by atoms with Crippen molar-refractivity contribution in [1.82, 2.24) is 4.90 Å². The highest BCUT2D eigenvalue weighted by Crippen LogP contribution is 2.28. The Balaban J connectivity index is 1.91. The highest BCUT2D eigenvalue weighted by Gasteiger charge is 2.33. The van der Waals surface area contributed by atoms with Crippen LogP contribution in [0.1, 0.15) is 16.8 Å². The minimum Gasteiger partial charge on any atom is -0.368 e. The van der Waals surface area contributed by atoms with Gasteiger partial charge in [-0.3, -0.25) is 9.59 Å². The molecular weight excluding hydrogens is 352 g/mol. The molecule has 1 fully saturated rings. The highest BCUT2D eigenvalue weighted by molar-refractivity contribution is 7.90. The number of amides is 2. The van der Waals surface area contributed by atoms with Crippen LogP contribution in [0.25, 0.3) is 11.1 Å². The van der Waals surface area contributed by atoms with Crippen LogP contribution in [0.15, 0.2) is 53.4 Å². The topological polar surface area (TPSA) is 97.5 Å². The van der Waals surface area contributed by atoms with Crippen LogP contribution < -0.4 is 5.73 Å². The number of nitrogens with two attached hydrogens (primary N) is 1. The van der Waals surface area contributed by atoms with Gasteiger partial charge in [0, 0.05) is 23.9 Å². The first kappa shape index (κ1) is 18.1. The molecule has 0 saturated carbocycles. The number of carbonyl (C=O) groups excluding carboxylic acids is 2. The van der Waals surface area contributed by atoms with Gasteiger partial charge in [-0.15, -0.1) is 0 Å². The van der Waals surface area contributed by atoms with Crippen LogP contribution in [0.4, 0.5) is 0 Å². The number of rotatable bonds is 4. The van der Waals surface area contributed by atoms with E-state index in [4.69, 9.17) is 5.73 Å². The van der Waals surface area contributed by atoms with Crippen molar-refractivity contribution >= 4 is 21.7 Å². The lowest BCUT2D eigenvalue weighted by molar-refractivity contribution is -0.120. The lowest BCUT2D eigenvalue weighted by Crippen LogP contribution is -2.43. The predicted octanol–water partition coefficient (Wildman–Crippen LogP) is 1.66. The first-order chi connectivity index (χ1) is 12.3. The Hall–Kier alpha value is -2.67. The second-order valence-corrected chi connectivity index (χ2v) is 8.20. The SMILES string of the molecule is CS(=O)(=O)c1ccccc1-c1ccc(C(=O)N2CC[CH]C2C(N)=O)cc1. The molecule has 2 aromatic rings. The molecule has 1 unspecified atom stereocenters. The van der Waals surface area contributed by atoms with Crippen LogP contribution in [-0.4, -0.2) is 44.0 Å². The Labute approximate surface area is 152 Å². The van der Waals surface area contributed by atoms with Crippen molar-refractivity contribution in [3.8, 4) is 11.1 Å². The number of benzene rings is 2. The number of likely N-dealkylation sites (tertiary alicyclic amines) is 1. The Morgan fingerprint density at radius 3 is 2.35 bits per heavy atom. The van der Waals surface area contributed by atoms with Gasteiger partial charge in [0.25, 0.3) is 5.91 Å². The standard InChI is InChI=1S/C19H19N2O4S/c1-26(24,25)17-7-3-2-5-15(17)13-8-10-14(11-9-13)19(23)21-12-4-6-16(21)18(20)22/h2-3,5-11,16H,4,12H2,1H3,(H2,20,22). The summed E-state index contributed by atoms with van der Waals surface area (Å²) in [5, 5.41) is 0. The largest absolute Gasteiger partial charge is 0.368 e. The summed E-state index contributed by atoms with van der Waals surface area (Å²) in [5.41, 5.74) is 7.04. The van der Waals surface area contributed by atoms with Crippen molar-refractivity contribution in [2.45, 2.75) is 17.4 Å². The summed E-state index contributed by atoms with van der Waals surface area (Å²) < 4.78 is 23.9. The van der Waals surface area contributed by atoms with E-state index in [2.05, 4.69) is 0 Å². The first-order valence-electron chi connectivity index (χ1n) is 8.12. The summed E-state index contributed by atoms with van der Waals surface area (Å²) >= 11 is 0. The van der Waals surface area contributed by atoms with Crippen LogP contribution in [0.5, 0.6) is 0 Å². The molecule has 1 heterocycles. The maximum Gasteiger partial charge on any atom is 0.254 e. The molecule has 1 aliphatic heterocycles. The van der Waals surface area contributed by atoms with E-state index in [1.807, 2.05) is 0 Å². The van der Waals surface area contributed by atoms with Crippen molar-refractivity contribution in [1.29, 1.82) is 0 Å². The van der Waals surface area contributed by atoms with Crippen molar-refractivity contribution in [2.24, 2.45) is 5.73 Å². The summed E-state index contributed by atoms with van der Waals surface area (Å²) in [4.78, 5) is 25.8. The highest BCUT2D eigenvalue weighted by atomic mass is 32.2. The number of nitrogens with zero attached hydrogens (tertiary/aromatic N) is 1. The Bertz CT molecular complexity index is 952. The van der Waals surface area contributed by atoms with Gasteiger partial charge in [0.15, 0.2) is 9.84 Å². The van der Waals surface area contributed by atoms with Gasteiger partial charge in [0.1, 0.15) is 6.04 Å². The zero-order chi connectivity index (χ0) is 18.9. The van der Waals surface area contributed by atoms with Crippen LogP contribution in [0.2, 0.25) is 0 Å². The molecule has 6 nitrogen and oxygen atoms in total. The fourth-order valence-corrected chi connectivity index (χ4v) is 4.03. The molecule has 26 heavy (non-hydrogen) atoms. The number of hydrogen-bond donors (Lipinski definition) is 1. The lowest BCUT2D eigenvalue weighted by atomic mass is 10.0. The van der Waals surface area contributed by atoms with E-state index >= 15 is 0 Å². The van der Waals surface area contributed by atoms with E-state index in [1.165, 1.54) is 4.90 Å². The summed E-state index contributed by atoms with van der Waals surface area (Å²) in [6, 6.07) is 12.7. The predicted molar refractivity (Wildman–Crippen MR) is 97.9 cm³/mol. The molecule has 1 radical (unpaired) electrons. The van der Waals surface area contributed by atoms with Gasteiger partial charge in [0.05, 0.1) is 4.90 Å². The summed E-state index contributed by atoms with van der Waals surface area (Å²) in [6.45, 7) is 0.450. The van der Waals surface area contributed by atoms with E-state index in [9.17, 15) is 18.0 Å².